The number of hydrogen-bond acceptors (Lipinski definition) is 4. The predicted octanol–water partition coefficient (Wildman–Crippen LogP) is 1.07. The van der Waals surface area contributed by atoms with E-state index in [4.69, 9.17) is 0 Å². The Hall–Kier alpha value is -2.37. The topological polar surface area (TPSA) is 60.0 Å². The van der Waals surface area contributed by atoms with Crippen molar-refractivity contribution in [3.05, 3.63) is 42.6 Å². The molecule has 0 amide bonds. The van der Waals surface area contributed by atoms with Crippen LogP contribution in [-0.4, -0.2) is 24.1 Å². The third-order valence-corrected chi connectivity index (χ3v) is 2.57. The van der Waals surface area contributed by atoms with Crippen molar-refractivity contribution in [2.75, 3.05) is 5.32 Å². The quantitative estimate of drug-likeness (QED) is 0.728. The van der Waals surface area contributed by atoms with E-state index in [1.165, 1.54) is 0 Å². The van der Waals surface area contributed by atoms with Crippen LogP contribution in [0.2, 0.25) is 0 Å². The molecule has 3 aromatic heterocycles. The van der Waals surface area contributed by atoms with Gasteiger partial charge in [-0.1, -0.05) is 6.07 Å². The molecule has 3 rings (SSSR count). The zero-order chi connectivity index (χ0) is 11.7. The number of anilines is 1. The van der Waals surface area contributed by atoms with Crippen LogP contribution in [0, 0.1) is 0 Å². The molecule has 17 heavy (non-hydrogen) atoms. The lowest BCUT2D eigenvalue weighted by molar-refractivity contribution is 0.807. The molecule has 0 aliphatic heterocycles. The largest absolute Gasteiger partial charge is 0.346 e. The molecule has 0 atom stereocenters. The minimum absolute atomic E-state index is 0.610. The van der Waals surface area contributed by atoms with Crippen molar-refractivity contribution in [2.24, 2.45) is 7.05 Å². The van der Waals surface area contributed by atoms with E-state index in [0.717, 1.165) is 11.5 Å². The second-order valence-corrected chi connectivity index (χ2v) is 3.75. The Morgan fingerprint density at radius 2 is 2.24 bits per heavy atom. The molecule has 0 saturated carbocycles. The molecule has 0 bridgehead atoms. The number of imidazole rings is 1. The fraction of sp³-hybridized carbons (Fsp3) is 0.182. The molecule has 0 aliphatic carbocycles. The van der Waals surface area contributed by atoms with Gasteiger partial charge in [-0.05, 0) is 12.1 Å². The first-order valence-corrected chi connectivity index (χ1v) is 5.34. The van der Waals surface area contributed by atoms with Gasteiger partial charge in [-0.3, -0.25) is 0 Å². The number of aryl methyl sites for hydroxylation is 1. The lowest BCUT2D eigenvalue weighted by atomic mass is 10.5. The van der Waals surface area contributed by atoms with Crippen LogP contribution in [0.5, 0.6) is 0 Å². The van der Waals surface area contributed by atoms with E-state index in [1.807, 2.05) is 42.2 Å². The highest BCUT2D eigenvalue weighted by Gasteiger charge is 2.03. The number of nitrogens with zero attached hydrogens (tertiary/aromatic N) is 5. The maximum absolute atomic E-state index is 4.35. The summed E-state index contributed by atoms with van der Waals surface area (Å²) >= 11 is 0. The number of nitrogens with one attached hydrogen (secondary N) is 1. The van der Waals surface area contributed by atoms with Crippen molar-refractivity contribution >= 4 is 11.6 Å². The van der Waals surface area contributed by atoms with Gasteiger partial charge in [0.1, 0.15) is 5.82 Å². The first-order valence-electron chi connectivity index (χ1n) is 5.34. The van der Waals surface area contributed by atoms with Crippen LogP contribution < -0.4 is 5.32 Å². The van der Waals surface area contributed by atoms with Crippen LogP contribution in [0.4, 0.5) is 5.95 Å². The van der Waals surface area contributed by atoms with Crippen molar-refractivity contribution in [1.82, 2.24) is 24.1 Å². The van der Waals surface area contributed by atoms with Crippen LogP contribution >= 0.6 is 0 Å². The van der Waals surface area contributed by atoms with Gasteiger partial charge in [0.2, 0.25) is 5.95 Å². The van der Waals surface area contributed by atoms with E-state index in [-0.39, 0.29) is 0 Å². The molecule has 0 saturated heterocycles. The Balaban J connectivity index is 1.79. The van der Waals surface area contributed by atoms with E-state index < -0.39 is 0 Å². The summed E-state index contributed by atoms with van der Waals surface area (Å²) in [5.41, 5.74) is 0.829. The standard InChI is InChI=1S/C11H12N6/c1-16-7-5-12-10(16)8-13-11-14-9-4-2-3-6-17(9)15-11/h2-7H,8H2,1H3,(H,13,15). The molecule has 0 spiro atoms. The molecule has 6 heteroatoms. The van der Waals surface area contributed by atoms with E-state index in [2.05, 4.69) is 20.4 Å². The summed E-state index contributed by atoms with van der Waals surface area (Å²) in [5, 5.41) is 7.45. The molecule has 3 aromatic rings. The summed E-state index contributed by atoms with van der Waals surface area (Å²) in [6, 6.07) is 5.77. The smallest absolute Gasteiger partial charge is 0.243 e. The lowest BCUT2D eigenvalue weighted by Crippen LogP contribution is -2.06. The van der Waals surface area contributed by atoms with Gasteiger partial charge in [-0.2, -0.15) is 4.98 Å². The first kappa shape index (κ1) is 9.83. The van der Waals surface area contributed by atoms with Gasteiger partial charge in [-0.25, -0.2) is 9.50 Å². The average molecular weight is 228 g/mol. The van der Waals surface area contributed by atoms with Gasteiger partial charge in [0.25, 0.3) is 0 Å². The normalized spacial score (nSPS) is 10.9. The minimum Gasteiger partial charge on any atom is -0.346 e. The van der Waals surface area contributed by atoms with Crippen LogP contribution in [-0.2, 0) is 13.6 Å². The van der Waals surface area contributed by atoms with E-state index in [9.17, 15) is 0 Å². The predicted molar refractivity (Wildman–Crippen MR) is 63.5 cm³/mol. The summed E-state index contributed by atoms with van der Waals surface area (Å²) in [5.74, 6) is 1.56. The highest BCUT2D eigenvalue weighted by molar-refractivity contribution is 5.42. The minimum atomic E-state index is 0.610. The third-order valence-electron chi connectivity index (χ3n) is 2.57. The molecule has 0 unspecified atom stereocenters. The van der Waals surface area contributed by atoms with Gasteiger partial charge < -0.3 is 9.88 Å². The molecular formula is C11H12N6. The Kier molecular flexibility index (Phi) is 2.25. The summed E-state index contributed by atoms with van der Waals surface area (Å²) in [7, 11) is 1.96. The number of pyridine rings is 1. The van der Waals surface area contributed by atoms with E-state index >= 15 is 0 Å². The average Bonchev–Trinajstić information content (AvgIpc) is 2.92. The Labute approximate surface area is 97.9 Å². The summed E-state index contributed by atoms with van der Waals surface area (Å²) in [6.45, 7) is 0.611. The van der Waals surface area contributed by atoms with Gasteiger partial charge in [0.05, 0.1) is 6.54 Å². The van der Waals surface area contributed by atoms with E-state index in [0.29, 0.717) is 12.5 Å². The number of hydrogen-bond donors (Lipinski definition) is 1. The van der Waals surface area contributed by atoms with Crippen molar-refractivity contribution in [3.63, 3.8) is 0 Å². The molecule has 6 nitrogen and oxygen atoms in total. The zero-order valence-corrected chi connectivity index (χ0v) is 9.41. The molecule has 0 aliphatic rings. The van der Waals surface area contributed by atoms with Crippen LogP contribution in [0.1, 0.15) is 5.82 Å². The molecular weight excluding hydrogens is 216 g/mol. The van der Waals surface area contributed by atoms with Gasteiger partial charge >= 0.3 is 0 Å². The number of fused-ring (bicyclic) bond motifs is 1. The van der Waals surface area contributed by atoms with Crippen LogP contribution in [0.3, 0.4) is 0 Å². The summed E-state index contributed by atoms with van der Waals surface area (Å²) in [6.07, 6.45) is 5.55. The SMILES string of the molecule is Cn1ccnc1CNc1nc2ccccn2n1. The maximum Gasteiger partial charge on any atom is 0.243 e. The number of aromatic nitrogens is 5. The fourth-order valence-electron chi connectivity index (χ4n) is 1.63. The third kappa shape index (κ3) is 1.84. The van der Waals surface area contributed by atoms with E-state index in [1.54, 1.807) is 10.7 Å². The second-order valence-electron chi connectivity index (χ2n) is 3.75. The molecule has 0 fully saturated rings. The Bertz CT molecular complexity index is 605. The summed E-state index contributed by atoms with van der Waals surface area (Å²) in [4.78, 5) is 8.57. The van der Waals surface area contributed by atoms with Gasteiger partial charge in [-0.15, -0.1) is 5.10 Å². The van der Waals surface area contributed by atoms with Crippen LogP contribution in [0.15, 0.2) is 36.8 Å². The molecule has 86 valence electrons. The van der Waals surface area contributed by atoms with Crippen molar-refractivity contribution < 1.29 is 0 Å². The van der Waals surface area contributed by atoms with Crippen LogP contribution in [0.25, 0.3) is 5.65 Å². The lowest BCUT2D eigenvalue weighted by Gasteiger charge is -2.01. The van der Waals surface area contributed by atoms with Crippen molar-refractivity contribution in [1.29, 1.82) is 0 Å². The molecule has 3 heterocycles. The first-order chi connectivity index (χ1) is 8.33. The highest BCUT2D eigenvalue weighted by atomic mass is 15.3. The fourth-order valence-corrected chi connectivity index (χ4v) is 1.63. The summed E-state index contributed by atoms with van der Waals surface area (Å²) < 4.78 is 3.70. The zero-order valence-electron chi connectivity index (χ0n) is 9.41. The molecule has 0 radical (unpaired) electrons. The highest BCUT2D eigenvalue weighted by Crippen LogP contribution is 2.05. The van der Waals surface area contributed by atoms with Gasteiger partial charge in [0, 0.05) is 25.6 Å². The van der Waals surface area contributed by atoms with Crippen molar-refractivity contribution in [3.8, 4) is 0 Å². The Morgan fingerprint density at radius 1 is 1.29 bits per heavy atom. The molecule has 0 aromatic carbocycles. The van der Waals surface area contributed by atoms with Gasteiger partial charge in [0.15, 0.2) is 5.65 Å². The maximum atomic E-state index is 4.35. The van der Waals surface area contributed by atoms with Crippen molar-refractivity contribution in [2.45, 2.75) is 6.54 Å². The number of rotatable bonds is 3. The Morgan fingerprint density at radius 3 is 3.00 bits per heavy atom. The molecule has 1 N–H and O–H groups in total. The monoisotopic (exact) mass is 228 g/mol. The second kappa shape index (κ2) is 3.89.